The van der Waals surface area contributed by atoms with E-state index in [4.69, 9.17) is 9.72 Å². The lowest BCUT2D eigenvalue weighted by molar-refractivity contribution is 0.0196. The number of aromatic nitrogens is 4. The minimum atomic E-state index is -0.504. The summed E-state index contributed by atoms with van der Waals surface area (Å²) in [6.07, 6.45) is 3.18. The van der Waals surface area contributed by atoms with Crippen molar-refractivity contribution in [2.45, 2.75) is 32.4 Å². The number of amides is 1. The maximum Gasteiger partial charge on any atom is 0.410 e. The number of ether oxygens (including phenoxy) is 1. The fourth-order valence-corrected chi connectivity index (χ4v) is 3.40. The SMILES string of the molecule is CN(C(=O)OC(C)(C)C)C1CN(c2nc3ncc(Br)cc3c3ccnn23)C1. The largest absolute Gasteiger partial charge is 0.444 e. The molecule has 8 nitrogen and oxygen atoms in total. The van der Waals surface area contributed by atoms with Gasteiger partial charge in [0.2, 0.25) is 5.95 Å². The standard InChI is InChI=1S/C18H21BrN6O2/c1-18(2,3)27-17(26)23(4)12-9-24(10-12)16-22-15-13(7-11(19)8-20-15)14-5-6-21-25(14)16/h5-8,12H,9-10H2,1-4H3. The number of anilines is 1. The molecule has 1 aliphatic rings. The molecule has 0 atom stereocenters. The third-order valence-electron chi connectivity index (χ3n) is 4.52. The number of likely N-dealkylation sites (N-methyl/N-ethyl adjacent to an activating group) is 1. The summed E-state index contributed by atoms with van der Waals surface area (Å²) in [5.74, 6) is 0.728. The van der Waals surface area contributed by atoms with Crippen LogP contribution in [-0.4, -0.2) is 62.4 Å². The van der Waals surface area contributed by atoms with Gasteiger partial charge in [0.15, 0.2) is 5.65 Å². The molecule has 1 fully saturated rings. The summed E-state index contributed by atoms with van der Waals surface area (Å²) in [6, 6.07) is 4.01. The summed E-state index contributed by atoms with van der Waals surface area (Å²) in [7, 11) is 1.77. The van der Waals surface area contributed by atoms with Crippen molar-refractivity contribution >= 4 is 44.5 Å². The zero-order chi connectivity index (χ0) is 19.3. The van der Waals surface area contributed by atoms with Crippen LogP contribution in [0.25, 0.3) is 16.6 Å². The van der Waals surface area contributed by atoms with Gasteiger partial charge >= 0.3 is 6.09 Å². The molecule has 0 aliphatic carbocycles. The Morgan fingerprint density at radius 1 is 1.37 bits per heavy atom. The highest BCUT2D eigenvalue weighted by Crippen LogP contribution is 2.28. The number of carbonyl (C=O) groups is 1. The second kappa shape index (κ2) is 6.33. The average Bonchev–Trinajstić information content (AvgIpc) is 3.02. The van der Waals surface area contributed by atoms with Gasteiger partial charge in [-0.3, -0.25) is 0 Å². The number of nitrogens with zero attached hydrogens (tertiary/aromatic N) is 6. The number of hydrogen-bond acceptors (Lipinski definition) is 6. The summed E-state index contributed by atoms with van der Waals surface area (Å²) in [5, 5.41) is 5.36. The van der Waals surface area contributed by atoms with Crippen LogP contribution in [0.5, 0.6) is 0 Å². The molecule has 1 amide bonds. The van der Waals surface area contributed by atoms with E-state index >= 15 is 0 Å². The average molecular weight is 433 g/mol. The zero-order valence-electron chi connectivity index (χ0n) is 15.7. The van der Waals surface area contributed by atoms with Crippen LogP contribution in [0.2, 0.25) is 0 Å². The first-order valence-corrected chi connectivity index (χ1v) is 9.52. The minimum Gasteiger partial charge on any atom is -0.444 e. The number of carbonyl (C=O) groups excluding carboxylic acids is 1. The van der Waals surface area contributed by atoms with Gasteiger partial charge in [0.1, 0.15) is 5.60 Å². The summed E-state index contributed by atoms with van der Waals surface area (Å²) in [6.45, 7) is 6.93. The lowest BCUT2D eigenvalue weighted by Gasteiger charge is -2.44. The first kappa shape index (κ1) is 18.0. The van der Waals surface area contributed by atoms with Crippen molar-refractivity contribution in [2.24, 2.45) is 0 Å². The molecule has 27 heavy (non-hydrogen) atoms. The fourth-order valence-electron chi connectivity index (χ4n) is 3.07. The topological polar surface area (TPSA) is 75.9 Å². The molecule has 0 aromatic carbocycles. The van der Waals surface area contributed by atoms with Gasteiger partial charge in [-0.05, 0) is 48.8 Å². The highest BCUT2D eigenvalue weighted by Gasteiger charge is 2.36. The van der Waals surface area contributed by atoms with Gasteiger partial charge in [-0.25, -0.2) is 9.78 Å². The molecule has 0 radical (unpaired) electrons. The van der Waals surface area contributed by atoms with Crippen LogP contribution in [-0.2, 0) is 4.74 Å². The van der Waals surface area contributed by atoms with Crippen molar-refractivity contribution < 1.29 is 9.53 Å². The normalized spacial score (nSPS) is 15.2. The van der Waals surface area contributed by atoms with Gasteiger partial charge < -0.3 is 14.5 Å². The van der Waals surface area contributed by atoms with E-state index in [2.05, 4.69) is 30.9 Å². The molecule has 1 aliphatic heterocycles. The Morgan fingerprint density at radius 3 is 2.81 bits per heavy atom. The van der Waals surface area contributed by atoms with Crippen molar-refractivity contribution in [3.63, 3.8) is 0 Å². The molecule has 3 aromatic rings. The van der Waals surface area contributed by atoms with E-state index in [0.29, 0.717) is 18.7 Å². The van der Waals surface area contributed by atoms with E-state index in [-0.39, 0.29) is 12.1 Å². The van der Waals surface area contributed by atoms with Crippen molar-refractivity contribution in [1.29, 1.82) is 0 Å². The fraction of sp³-hybridized carbons (Fsp3) is 0.444. The predicted molar refractivity (Wildman–Crippen MR) is 106 cm³/mol. The maximum absolute atomic E-state index is 12.3. The Kier molecular flexibility index (Phi) is 4.21. The summed E-state index contributed by atoms with van der Waals surface area (Å²) in [5.41, 5.74) is 1.12. The molecule has 0 spiro atoms. The monoisotopic (exact) mass is 432 g/mol. The lowest BCUT2D eigenvalue weighted by Crippen LogP contribution is -2.61. The Balaban J connectivity index is 1.57. The molecule has 4 rings (SSSR count). The third-order valence-corrected chi connectivity index (χ3v) is 4.96. The van der Waals surface area contributed by atoms with Gasteiger partial charge in [0, 0.05) is 36.2 Å². The highest BCUT2D eigenvalue weighted by molar-refractivity contribution is 9.10. The van der Waals surface area contributed by atoms with E-state index in [0.717, 1.165) is 21.3 Å². The summed E-state index contributed by atoms with van der Waals surface area (Å²) >= 11 is 3.46. The van der Waals surface area contributed by atoms with Crippen LogP contribution >= 0.6 is 15.9 Å². The second-order valence-corrected chi connectivity index (χ2v) is 8.63. The zero-order valence-corrected chi connectivity index (χ0v) is 17.3. The van der Waals surface area contributed by atoms with Crippen LogP contribution in [0.1, 0.15) is 20.8 Å². The Morgan fingerprint density at radius 2 is 2.11 bits per heavy atom. The third kappa shape index (κ3) is 3.31. The first-order valence-electron chi connectivity index (χ1n) is 8.73. The predicted octanol–water partition coefficient (Wildman–Crippen LogP) is 3.10. The molecule has 142 valence electrons. The Labute approximate surface area is 165 Å². The first-order chi connectivity index (χ1) is 12.7. The van der Waals surface area contributed by atoms with Crippen molar-refractivity contribution in [1.82, 2.24) is 24.5 Å². The molecule has 3 aromatic heterocycles. The van der Waals surface area contributed by atoms with Crippen LogP contribution in [0.4, 0.5) is 10.7 Å². The number of fused-ring (bicyclic) bond motifs is 3. The molecule has 0 saturated carbocycles. The highest BCUT2D eigenvalue weighted by atomic mass is 79.9. The van der Waals surface area contributed by atoms with E-state index in [1.807, 2.05) is 37.4 Å². The molecule has 4 heterocycles. The molecule has 1 saturated heterocycles. The maximum atomic E-state index is 12.3. The van der Waals surface area contributed by atoms with E-state index in [9.17, 15) is 4.79 Å². The van der Waals surface area contributed by atoms with Gasteiger partial charge in [0.05, 0.1) is 17.8 Å². The van der Waals surface area contributed by atoms with E-state index < -0.39 is 5.60 Å². The van der Waals surface area contributed by atoms with Crippen molar-refractivity contribution in [3.8, 4) is 0 Å². The summed E-state index contributed by atoms with van der Waals surface area (Å²) < 4.78 is 8.16. The molecular formula is C18H21BrN6O2. The number of halogens is 1. The second-order valence-electron chi connectivity index (χ2n) is 7.71. The van der Waals surface area contributed by atoms with Crippen LogP contribution in [0, 0.1) is 0 Å². The van der Waals surface area contributed by atoms with Crippen LogP contribution < -0.4 is 4.90 Å². The van der Waals surface area contributed by atoms with Crippen molar-refractivity contribution in [3.05, 3.63) is 29.0 Å². The number of pyridine rings is 1. The smallest absolute Gasteiger partial charge is 0.410 e. The molecule has 0 unspecified atom stereocenters. The molecule has 9 heteroatoms. The van der Waals surface area contributed by atoms with Crippen molar-refractivity contribution in [2.75, 3.05) is 25.0 Å². The number of rotatable bonds is 2. The van der Waals surface area contributed by atoms with Gasteiger partial charge in [-0.1, -0.05) is 0 Å². The Hall–Kier alpha value is -2.42. The van der Waals surface area contributed by atoms with E-state index in [1.54, 1.807) is 24.3 Å². The Bertz CT molecular complexity index is 1020. The summed E-state index contributed by atoms with van der Waals surface area (Å²) in [4.78, 5) is 25.1. The quantitative estimate of drug-likeness (QED) is 0.619. The van der Waals surface area contributed by atoms with Gasteiger partial charge in [-0.15, -0.1) is 0 Å². The van der Waals surface area contributed by atoms with Crippen LogP contribution in [0.3, 0.4) is 0 Å². The van der Waals surface area contributed by atoms with Crippen LogP contribution in [0.15, 0.2) is 29.0 Å². The molecular weight excluding hydrogens is 412 g/mol. The van der Waals surface area contributed by atoms with Gasteiger partial charge in [0.25, 0.3) is 0 Å². The van der Waals surface area contributed by atoms with E-state index in [1.165, 1.54) is 0 Å². The minimum absolute atomic E-state index is 0.0702. The molecule has 0 N–H and O–H groups in total. The lowest BCUT2D eigenvalue weighted by atomic mass is 10.1. The van der Waals surface area contributed by atoms with Gasteiger partial charge in [-0.2, -0.15) is 14.6 Å². The molecule has 0 bridgehead atoms. The number of hydrogen-bond donors (Lipinski definition) is 0.